The first kappa shape index (κ1) is 30.6. The van der Waals surface area contributed by atoms with Gasteiger partial charge in [0, 0.05) is 26.1 Å². The monoisotopic (exact) mass is 575 g/mol. The zero-order valence-corrected chi connectivity index (χ0v) is 24.5. The van der Waals surface area contributed by atoms with Crippen LogP contribution in [-0.4, -0.2) is 81.8 Å². The molecule has 2 aliphatic rings. The average Bonchev–Trinajstić information content (AvgIpc) is 3.51. The number of aliphatic hydroxyl groups excluding tert-OH is 1. The lowest BCUT2D eigenvalue weighted by Crippen LogP contribution is -2.43. The molecule has 2 aromatic rings. The molecule has 10 heteroatoms. The lowest BCUT2D eigenvalue weighted by Gasteiger charge is -2.30. The molecule has 0 saturated carbocycles. The van der Waals surface area contributed by atoms with Crippen LogP contribution in [0.2, 0.25) is 0 Å². The third-order valence-corrected chi connectivity index (χ3v) is 9.39. The molecule has 0 aromatic heterocycles. The van der Waals surface area contributed by atoms with Crippen molar-refractivity contribution in [1.82, 2.24) is 4.31 Å². The van der Waals surface area contributed by atoms with Crippen LogP contribution in [0.25, 0.3) is 0 Å². The molecule has 40 heavy (non-hydrogen) atoms. The summed E-state index contributed by atoms with van der Waals surface area (Å²) in [6.07, 6.45) is -2.02. The van der Waals surface area contributed by atoms with Gasteiger partial charge in [-0.1, -0.05) is 61.9 Å². The molecule has 4 rings (SSSR count). The third kappa shape index (κ3) is 7.48. The van der Waals surface area contributed by atoms with Crippen LogP contribution in [0.5, 0.6) is 0 Å². The first-order chi connectivity index (χ1) is 19.1. The highest BCUT2D eigenvalue weighted by Gasteiger charge is 2.50. The Hall–Kier alpha value is -2.34. The lowest BCUT2D eigenvalue weighted by molar-refractivity contribution is -0.154. The summed E-state index contributed by atoms with van der Waals surface area (Å²) in [6.45, 7) is 6.43. The molecular formula is C30H41NO8S. The molecule has 1 N–H and O–H groups in total. The molecule has 9 nitrogen and oxygen atoms in total. The van der Waals surface area contributed by atoms with E-state index in [9.17, 15) is 18.3 Å². The van der Waals surface area contributed by atoms with Gasteiger partial charge < -0.3 is 24.1 Å². The van der Waals surface area contributed by atoms with Gasteiger partial charge in [-0.3, -0.25) is 4.79 Å². The number of hydrogen-bond acceptors (Lipinski definition) is 8. The van der Waals surface area contributed by atoms with Gasteiger partial charge in [-0.2, -0.15) is 4.31 Å². The largest absolute Gasteiger partial charge is 0.459 e. The minimum Gasteiger partial charge on any atom is -0.459 e. The SMILES string of the molecule is CO[C@H]1CO[C@@H]2OC[C@H](OC(=O)C[C@@H](Cc3ccccc3)[C@H](O)CN(CC(C)C)S(=O)(=O)c3ccc(C)cc3)[C@@H]21. The van der Waals surface area contributed by atoms with Gasteiger partial charge in [0.1, 0.15) is 6.10 Å². The molecule has 2 aliphatic heterocycles. The number of aliphatic hydroxyl groups is 1. The number of sulfonamides is 1. The molecule has 2 saturated heterocycles. The number of carbonyl (C=O) groups excluding carboxylic acids is 1. The number of carbonyl (C=O) groups is 1. The maximum atomic E-state index is 13.6. The van der Waals surface area contributed by atoms with Crippen molar-refractivity contribution < 1.29 is 37.3 Å². The fraction of sp³-hybridized carbons (Fsp3) is 0.567. The van der Waals surface area contributed by atoms with E-state index in [1.807, 2.05) is 51.1 Å². The lowest BCUT2D eigenvalue weighted by atomic mass is 9.90. The highest BCUT2D eigenvalue weighted by atomic mass is 32.2. The topological polar surface area (TPSA) is 112 Å². The first-order valence-electron chi connectivity index (χ1n) is 13.8. The fourth-order valence-electron chi connectivity index (χ4n) is 5.39. The van der Waals surface area contributed by atoms with Crippen LogP contribution in [0.15, 0.2) is 59.5 Å². The van der Waals surface area contributed by atoms with Gasteiger partial charge in [-0.25, -0.2) is 8.42 Å². The smallest absolute Gasteiger partial charge is 0.306 e. The molecule has 2 fully saturated rings. The number of esters is 1. The third-order valence-electron chi connectivity index (χ3n) is 7.54. The van der Waals surface area contributed by atoms with Crippen molar-refractivity contribution in [2.75, 3.05) is 33.4 Å². The minimum atomic E-state index is -3.87. The standard InChI is InChI=1S/C30H41NO8S/c1-20(2)16-31(40(34,35)24-12-10-21(3)11-13-24)17-25(32)23(14-22-8-6-5-7-9-22)15-28(33)39-27-19-38-30-29(27)26(36-4)18-37-30/h5-13,20,23,25-27,29-30,32H,14-19H2,1-4H3/t23-,25-,26+,27+,29+,30-/m1/s1. The van der Waals surface area contributed by atoms with Gasteiger partial charge in [0.05, 0.1) is 42.7 Å². The van der Waals surface area contributed by atoms with E-state index < -0.39 is 40.4 Å². The summed E-state index contributed by atoms with van der Waals surface area (Å²) >= 11 is 0. The summed E-state index contributed by atoms with van der Waals surface area (Å²) in [6, 6.07) is 16.2. The van der Waals surface area contributed by atoms with E-state index in [4.69, 9.17) is 18.9 Å². The van der Waals surface area contributed by atoms with E-state index in [0.29, 0.717) is 13.0 Å². The quantitative estimate of drug-likeness (QED) is 0.363. The zero-order valence-electron chi connectivity index (χ0n) is 23.6. The van der Waals surface area contributed by atoms with E-state index in [1.165, 1.54) is 4.31 Å². The summed E-state index contributed by atoms with van der Waals surface area (Å²) in [7, 11) is -2.28. The van der Waals surface area contributed by atoms with E-state index >= 15 is 0 Å². The maximum absolute atomic E-state index is 13.6. The average molecular weight is 576 g/mol. The first-order valence-corrected chi connectivity index (χ1v) is 15.3. The molecule has 0 unspecified atom stereocenters. The Labute approximate surface area is 237 Å². The molecule has 0 spiro atoms. The molecule has 2 heterocycles. The van der Waals surface area contributed by atoms with Crippen LogP contribution in [-0.2, 0) is 40.2 Å². The number of fused-ring (bicyclic) bond motifs is 1. The fourth-order valence-corrected chi connectivity index (χ4v) is 7.01. The molecule has 2 aromatic carbocycles. The number of nitrogens with zero attached hydrogens (tertiary/aromatic N) is 1. The van der Waals surface area contributed by atoms with Crippen molar-refractivity contribution in [3.8, 4) is 0 Å². The Morgan fingerprint density at radius 2 is 1.68 bits per heavy atom. The normalized spacial score (nSPS) is 24.3. The van der Waals surface area contributed by atoms with Crippen LogP contribution < -0.4 is 0 Å². The second-order valence-corrected chi connectivity index (χ2v) is 13.1. The van der Waals surface area contributed by atoms with Crippen molar-refractivity contribution in [2.45, 2.75) is 63.1 Å². The van der Waals surface area contributed by atoms with Gasteiger partial charge in [-0.15, -0.1) is 0 Å². The highest BCUT2D eigenvalue weighted by Crippen LogP contribution is 2.35. The van der Waals surface area contributed by atoms with Crippen molar-refractivity contribution in [3.05, 3.63) is 65.7 Å². The number of ether oxygens (including phenoxy) is 4. The second-order valence-electron chi connectivity index (χ2n) is 11.2. The van der Waals surface area contributed by atoms with Crippen molar-refractivity contribution in [3.63, 3.8) is 0 Å². The van der Waals surface area contributed by atoms with Gasteiger partial charge in [0.15, 0.2) is 6.29 Å². The Morgan fingerprint density at radius 1 is 1.02 bits per heavy atom. The predicted octanol–water partition coefficient (Wildman–Crippen LogP) is 3.18. The van der Waals surface area contributed by atoms with E-state index in [1.54, 1.807) is 31.4 Å². The Kier molecular flexibility index (Phi) is 10.4. The van der Waals surface area contributed by atoms with Crippen LogP contribution in [0.1, 0.15) is 31.4 Å². The number of methoxy groups -OCH3 is 1. The molecular weight excluding hydrogens is 534 g/mol. The van der Waals surface area contributed by atoms with Crippen molar-refractivity contribution in [1.29, 1.82) is 0 Å². The zero-order chi connectivity index (χ0) is 28.9. The van der Waals surface area contributed by atoms with Crippen LogP contribution in [0.3, 0.4) is 0 Å². The number of hydrogen-bond donors (Lipinski definition) is 1. The van der Waals surface area contributed by atoms with Gasteiger partial charge in [-0.05, 0) is 37.0 Å². The molecule has 220 valence electrons. The van der Waals surface area contributed by atoms with Crippen LogP contribution in [0.4, 0.5) is 0 Å². The molecule has 0 amide bonds. The maximum Gasteiger partial charge on any atom is 0.306 e. The minimum absolute atomic E-state index is 0.0302. The van der Waals surface area contributed by atoms with Crippen molar-refractivity contribution in [2.24, 2.45) is 17.8 Å². The van der Waals surface area contributed by atoms with Crippen LogP contribution >= 0.6 is 0 Å². The van der Waals surface area contributed by atoms with Gasteiger partial charge in [0.25, 0.3) is 0 Å². The second kappa shape index (κ2) is 13.5. The summed E-state index contributed by atoms with van der Waals surface area (Å²) in [5.41, 5.74) is 1.89. The molecule has 0 bridgehead atoms. The Balaban J connectivity index is 1.51. The van der Waals surface area contributed by atoms with E-state index in [0.717, 1.165) is 11.1 Å². The summed E-state index contributed by atoms with van der Waals surface area (Å²) < 4.78 is 51.1. The highest BCUT2D eigenvalue weighted by molar-refractivity contribution is 7.89. The van der Waals surface area contributed by atoms with Gasteiger partial charge in [0.2, 0.25) is 10.0 Å². The molecule has 0 aliphatic carbocycles. The summed E-state index contributed by atoms with van der Waals surface area (Å²) in [5.74, 6) is -1.24. The van der Waals surface area contributed by atoms with E-state index in [-0.39, 0.29) is 49.0 Å². The van der Waals surface area contributed by atoms with Gasteiger partial charge >= 0.3 is 5.97 Å². The number of benzene rings is 2. The summed E-state index contributed by atoms with van der Waals surface area (Å²) in [5, 5.41) is 11.5. The Morgan fingerprint density at radius 3 is 2.30 bits per heavy atom. The molecule has 0 radical (unpaired) electrons. The Bertz CT molecular complexity index is 1200. The van der Waals surface area contributed by atoms with Crippen molar-refractivity contribution >= 4 is 16.0 Å². The van der Waals surface area contributed by atoms with E-state index in [2.05, 4.69) is 0 Å². The number of rotatable bonds is 13. The molecule has 6 atom stereocenters. The summed E-state index contributed by atoms with van der Waals surface area (Å²) in [4.78, 5) is 13.4. The number of aryl methyl sites for hydroxylation is 1. The predicted molar refractivity (Wildman–Crippen MR) is 149 cm³/mol. The van der Waals surface area contributed by atoms with Crippen LogP contribution in [0, 0.1) is 24.7 Å².